The number of carboxylic acid groups (broad SMARTS) is 1. The molecular formula is C16H22N2O2. The van der Waals surface area contributed by atoms with Crippen LogP contribution in [-0.2, 0) is 6.42 Å². The minimum Gasteiger partial charge on any atom is -0.465 e. The van der Waals surface area contributed by atoms with Crippen LogP contribution in [0.15, 0.2) is 30.3 Å². The van der Waals surface area contributed by atoms with Crippen molar-refractivity contribution in [1.82, 2.24) is 9.80 Å². The van der Waals surface area contributed by atoms with Crippen molar-refractivity contribution in [2.45, 2.75) is 37.8 Å². The van der Waals surface area contributed by atoms with Crippen LogP contribution in [0.5, 0.6) is 0 Å². The number of hydrogen-bond acceptors (Lipinski definition) is 2. The van der Waals surface area contributed by atoms with E-state index in [1.165, 1.54) is 18.4 Å². The van der Waals surface area contributed by atoms with E-state index in [0.29, 0.717) is 12.6 Å². The highest BCUT2D eigenvalue weighted by Gasteiger charge is 2.39. The first-order chi connectivity index (χ1) is 9.75. The first kappa shape index (κ1) is 13.4. The van der Waals surface area contributed by atoms with E-state index >= 15 is 0 Å². The number of amides is 1. The zero-order valence-corrected chi connectivity index (χ0v) is 11.7. The second-order valence-corrected chi connectivity index (χ2v) is 5.83. The van der Waals surface area contributed by atoms with Gasteiger partial charge in [0, 0.05) is 19.1 Å². The third-order valence-electron chi connectivity index (χ3n) is 4.67. The van der Waals surface area contributed by atoms with Crippen LogP contribution in [0.4, 0.5) is 4.79 Å². The predicted octanol–water partition coefficient (Wildman–Crippen LogP) is 2.45. The van der Waals surface area contributed by atoms with Crippen molar-refractivity contribution in [3.8, 4) is 0 Å². The van der Waals surface area contributed by atoms with E-state index in [-0.39, 0.29) is 6.04 Å². The zero-order valence-electron chi connectivity index (χ0n) is 11.7. The number of carbonyl (C=O) groups is 1. The van der Waals surface area contributed by atoms with Gasteiger partial charge in [-0.25, -0.2) is 4.79 Å². The highest BCUT2D eigenvalue weighted by molar-refractivity contribution is 5.66. The first-order valence-corrected chi connectivity index (χ1v) is 7.53. The average Bonchev–Trinajstić information content (AvgIpc) is 2.48. The predicted molar refractivity (Wildman–Crippen MR) is 77.9 cm³/mol. The Morgan fingerprint density at radius 2 is 1.95 bits per heavy atom. The largest absolute Gasteiger partial charge is 0.465 e. The van der Waals surface area contributed by atoms with E-state index in [4.69, 9.17) is 0 Å². The number of benzene rings is 1. The van der Waals surface area contributed by atoms with Crippen molar-refractivity contribution >= 4 is 6.09 Å². The lowest BCUT2D eigenvalue weighted by Crippen LogP contribution is -2.62. The monoisotopic (exact) mass is 274 g/mol. The topological polar surface area (TPSA) is 43.8 Å². The minimum atomic E-state index is -0.767. The molecule has 1 N–H and O–H groups in total. The molecule has 2 atom stereocenters. The fraction of sp³-hybridized carbons (Fsp3) is 0.562. The molecule has 0 spiro atoms. The summed E-state index contributed by atoms with van der Waals surface area (Å²) in [4.78, 5) is 15.7. The van der Waals surface area contributed by atoms with E-state index in [2.05, 4.69) is 17.0 Å². The molecule has 4 nitrogen and oxygen atoms in total. The van der Waals surface area contributed by atoms with E-state index in [1.807, 2.05) is 18.2 Å². The van der Waals surface area contributed by atoms with E-state index in [9.17, 15) is 9.90 Å². The summed E-state index contributed by atoms with van der Waals surface area (Å²) in [5.41, 5.74) is 1.23. The molecule has 2 heterocycles. The molecule has 2 fully saturated rings. The molecule has 20 heavy (non-hydrogen) atoms. The van der Waals surface area contributed by atoms with E-state index < -0.39 is 6.09 Å². The Morgan fingerprint density at radius 1 is 1.15 bits per heavy atom. The highest BCUT2D eigenvalue weighted by atomic mass is 16.4. The Kier molecular flexibility index (Phi) is 3.92. The molecule has 2 aliphatic heterocycles. The Morgan fingerprint density at radius 3 is 2.70 bits per heavy atom. The van der Waals surface area contributed by atoms with Gasteiger partial charge in [-0.1, -0.05) is 36.8 Å². The van der Waals surface area contributed by atoms with Gasteiger partial charge in [0.2, 0.25) is 0 Å². The Balaban J connectivity index is 1.82. The van der Waals surface area contributed by atoms with Crippen molar-refractivity contribution in [2.24, 2.45) is 0 Å². The van der Waals surface area contributed by atoms with Crippen molar-refractivity contribution < 1.29 is 9.90 Å². The van der Waals surface area contributed by atoms with Gasteiger partial charge in [0.25, 0.3) is 0 Å². The molecule has 0 aromatic heterocycles. The first-order valence-electron chi connectivity index (χ1n) is 7.53. The Hall–Kier alpha value is -1.55. The van der Waals surface area contributed by atoms with Crippen LogP contribution in [0, 0.1) is 0 Å². The van der Waals surface area contributed by atoms with Crippen LogP contribution < -0.4 is 0 Å². The Bertz CT molecular complexity index is 463. The lowest BCUT2D eigenvalue weighted by molar-refractivity contribution is 0.00563. The van der Waals surface area contributed by atoms with Crippen molar-refractivity contribution in [2.75, 3.05) is 19.6 Å². The molecule has 1 aromatic rings. The van der Waals surface area contributed by atoms with Gasteiger partial charge in [-0.2, -0.15) is 0 Å². The number of rotatable bonds is 2. The molecule has 3 rings (SSSR count). The van der Waals surface area contributed by atoms with Crippen LogP contribution in [0.1, 0.15) is 24.8 Å². The molecular weight excluding hydrogens is 252 g/mol. The lowest BCUT2D eigenvalue weighted by Gasteiger charge is -2.49. The van der Waals surface area contributed by atoms with Gasteiger partial charge in [0.05, 0.1) is 6.04 Å². The quantitative estimate of drug-likeness (QED) is 0.901. The summed E-state index contributed by atoms with van der Waals surface area (Å²) in [7, 11) is 0. The molecule has 0 radical (unpaired) electrons. The second kappa shape index (κ2) is 5.83. The van der Waals surface area contributed by atoms with Crippen molar-refractivity contribution in [1.29, 1.82) is 0 Å². The number of fused-ring (bicyclic) bond motifs is 1. The van der Waals surface area contributed by atoms with Gasteiger partial charge >= 0.3 is 6.09 Å². The molecule has 0 aliphatic carbocycles. The summed E-state index contributed by atoms with van der Waals surface area (Å²) in [6.45, 7) is 2.66. The lowest BCUT2D eigenvalue weighted by atomic mass is 9.88. The fourth-order valence-electron chi connectivity index (χ4n) is 3.68. The average molecular weight is 274 g/mol. The number of piperidine rings is 1. The maximum atomic E-state index is 11.5. The van der Waals surface area contributed by atoms with Crippen LogP contribution in [0.3, 0.4) is 0 Å². The summed E-state index contributed by atoms with van der Waals surface area (Å²) in [6.07, 6.45) is 3.66. The number of piperazine rings is 1. The Labute approximate surface area is 120 Å². The normalized spacial score (nSPS) is 27.1. The summed E-state index contributed by atoms with van der Waals surface area (Å²) in [5.74, 6) is 0. The maximum Gasteiger partial charge on any atom is 0.407 e. The smallest absolute Gasteiger partial charge is 0.407 e. The second-order valence-electron chi connectivity index (χ2n) is 5.83. The standard InChI is InChI=1S/C16H22N2O2/c19-16(20)18-11-10-17-9-5-4-8-14(17)15(18)12-13-6-2-1-3-7-13/h1-3,6-7,14-15H,4-5,8-12H2,(H,19,20)/t14-,15?/m1/s1. The summed E-state index contributed by atoms with van der Waals surface area (Å²) >= 11 is 0. The van der Waals surface area contributed by atoms with Gasteiger partial charge in [0.15, 0.2) is 0 Å². The molecule has 1 aromatic carbocycles. The van der Waals surface area contributed by atoms with Gasteiger partial charge in [-0.3, -0.25) is 4.90 Å². The van der Waals surface area contributed by atoms with Gasteiger partial charge in [0.1, 0.15) is 0 Å². The molecule has 1 unspecified atom stereocenters. The maximum absolute atomic E-state index is 11.5. The van der Waals surface area contributed by atoms with Crippen molar-refractivity contribution in [3.05, 3.63) is 35.9 Å². The van der Waals surface area contributed by atoms with Gasteiger partial charge < -0.3 is 10.0 Å². The minimum absolute atomic E-state index is 0.101. The molecule has 4 heteroatoms. The van der Waals surface area contributed by atoms with Gasteiger partial charge in [-0.15, -0.1) is 0 Å². The zero-order chi connectivity index (χ0) is 13.9. The van der Waals surface area contributed by atoms with Crippen LogP contribution in [0.2, 0.25) is 0 Å². The molecule has 2 saturated heterocycles. The van der Waals surface area contributed by atoms with E-state index in [0.717, 1.165) is 25.9 Å². The summed E-state index contributed by atoms with van der Waals surface area (Å²) in [6, 6.07) is 10.8. The molecule has 0 saturated carbocycles. The van der Waals surface area contributed by atoms with E-state index in [1.54, 1.807) is 4.90 Å². The third kappa shape index (κ3) is 2.66. The number of hydrogen-bond donors (Lipinski definition) is 1. The summed E-state index contributed by atoms with van der Waals surface area (Å²) in [5, 5.41) is 9.48. The molecule has 2 aliphatic rings. The van der Waals surface area contributed by atoms with Crippen LogP contribution >= 0.6 is 0 Å². The number of nitrogens with zero attached hydrogens (tertiary/aromatic N) is 2. The third-order valence-corrected chi connectivity index (χ3v) is 4.67. The van der Waals surface area contributed by atoms with Gasteiger partial charge in [-0.05, 0) is 31.4 Å². The highest BCUT2D eigenvalue weighted by Crippen LogP contribution is 2.28. The molecule has 0 bridgehead atoms. The SMILES string of the molecule is O=C(O)N1CCN2CCCC[C@@H]2C1Cc1ccccc1. The van der Waals surface area contributed by atoms with Crippen molar-refractivity contribution in [3.63, 3.8) is 0 Å². The molecule has 108 valence electrons. The van der Waals surface area contributed by atoms with Crippen LogP contribution in [0.25, 0.3) is 0 Å². The fourth-order valence-corrected chi connectivity index (χ4v) is 3.68. The molecule has 1 amide bonds. The summed E-state index contributed by atoms with van der Waals surface area (Å²) < 4.78 is 0. The van der Waals surface area contributed by atoms with Crippen LogP contribution in [-0.4, -0.2) is 52.7 Å².